The summed E-state index contributed by atoms with van der Waals surface area (Å²) in [7, 11) is 0. The zero-order chi connectivity index (χ0) is 12.5. The summed E-state index contributed by atoms with van der Waals surface area (Å²) in [5.74, 6) is -0.209. The first-order valence-electron chi connectivity index (χ1n) is 4.23. The molecule has 0 aromatic carbocycles. The molecule has 9 heteroatoms. The van der Waals surface area contributed by atoms with E-state index in [0.29, 0.717) is 6.07 Å². The Hall–Kier alpha value is -1.83. The number of hydrogen-bond donors (Lipinski definition) is 1. The molecule has 90 valence electrons. The molecule has 1 N–H and O–H groups in total. The second-order valence-electron chi connectivity index (χ2n) is 2.90. The molecule has 2 rings (SSSR count). The van der Waals surface area contributed by atoms with Crippen LogP contribution in [0.15, 0.2) is 18.5 Å². The van der Waals surface area contributed by atoms with Gasteiger partial charge in [0.15, 0.2) is 5.69 Å². The summed E-state index contributed by atoms with van der Waals surface area (Å²) >= 11 is 5.53. The molecule has 0 fully saturated rings. The number of alkyl halides is 3. The van der Waals surface area contributed by atoms with Gasteiger partial charge in [0.05, 0.1) is 17.4 Å². The minimum atomic E-state index is -4.53. The minimum Gasteiger partial charge on any atom is -0.406 e. The Balaban J connectivity index is 2.14. The van der Waals surface area contributed by atoms with Crippen LogP contribution in [0.2, 0.25) is 5.02 Å². The molecule has 0 aliphatic carbocycles. The summed E-state index contributed by atoms with van der Waals surface area (Å²) < 4.78 is 41.5. The van der Waals surface area contributed by atoms with Crippen molar-refractivity contribution in [3.05, 3.63) is 29.2 Å². The molecule has 17 heavy (non-hydrogen) atoms. The van der Waals surface area contributed by atoms with Gasteiger partial charge in [-0.1, -0.05) is 11.6 Å². The van der Waals surface area contributed by atoms with Gasteiger partial charge in [0, 0.05) is 6.07 Å². The van der Waals surface area contributed by atoms with E-state index >= 15 is 0 Å². The Labute approximate surface area is 97.6 Å². The van der Waals surface area contributed by atoms with E-state index in [1.54, 1.807) is 0 Å². The maximum Gasteiger partial charge on any atom is 0.435 e. The molecule has 0 bridgehead atoms. The van der Waals surface area contributed by atoms with Gasteiger partial charge in [0.2, 0.25) is 5.88 Å². The second-order valence-corrected chi connectivity index (χ2v) is 3.34. The molecule has 2 heterocycles. The Kier molecular flexibility index (Phi) is 2.88. The lowest BCUT2D eigenvalue weighted by atomic mass is 10.4. The van der Waals surface area contributed by atoms with Crippen molar-refractivity contribution in [3.8, 4) is 11.9 Å². The highest BCUT2D eigenvalue weighted by Gasteiger charge is 2.34. The van der Waals surface area contributed by atoms with Crippen LogP contribution in [0.25, 0.3) is 0 Å². The molecule has 0 unspecified atom stereocenters. The lowest BCUT2D eigenvalue weighted by Crippen LogP contribution is -2.04. The number of aromatic amines is 1. The summed E-state index contributed by atoms with van der Waals surface area (Å²) in [6, 6.07) is 0.574. The molecule has 0 aliphatic rings. The number of rotatable bonds is 2. The zero-order valence-electron chi connectivity index (χ0n) is 7.99. The van der Waals surface area contributed by atoms with E-state index in [1.165, 1.54) is 12.4 Å². The summed E-state index contributed by atoms with van der Waals surface area (Å²) in [5, 5.41) is 5.40. The highest BCUT2D eigenvalue weighted by molar-refractivity contribution is 6.30. The van der Waals surface area contributed by atoms with E-state index in [2.05, 4.69) is 20.2 Å². The molecule has 2 aromatic heterocycles. The molecule has 0 saturated heterocycles. The Morgan fingerprint density at radius 2 is 1.88 bits per heavy atom. The van der Waals surface area contributed by atoms with Crippen molar-refractivity contribution in [3.63, 3.8) is 0 Å². The normalized spacial score (nSPS) is 11.5. The van der Waals surface area contributed by atoms with Crippen molar-refractivity contribution < 1.29 is 17.9 Å². The van der Waals surface area contributed by atoms with Crippen LogP contribution >= 0.6 is 11.6 Å². The van der Waals surface area contributed by atoms with Crippen molar-refractivity contribution in [2.24, 2.45) is 0 Å². The SMILES string of the molecule is FC(F)(F)c1cc(Oc2ncc(Cl)cn2)[nH]n1. The van der Waals surface area contributed by atoms with Crippen LogP contribution in [0.5, 0.6) is 11.9 Å². The first-order valence-corrected chi connectivity index (χ1v) is 4.61. The second kappa shape index (κ2) is 4.21. The Morgan fingerprint density at radius 3 is 2.41 bits per heavy atom. The van der Waals surface area contributed by atoms with Crippen molar-refractivity contribution >= 4 is 11.6 Å². The number of H-pyrrole nitrogens is 1. The highest BCUT2D eigenvalue weighted by atomic mass is 35.5. The quantitative estimate of drug-likeness (QED) is 0.906. The average Bonchev–Trinajstić information content (AvgIpc) is 2.69. The van der Waals surface area contributed by atoms with Crippen molar-refractivity contribution in [1.29, 1.82) is 0 Å². The van der Waals surface area contributed by atoms with Gasteiger partial charge in [0.1, 0.15) is 0 Å². The lowest BCUT2D eigenvalue weighted by Gasteiger charge is -1.99. The van der Waals surface area contributed by atoms with Crippen molar-refractivity contribution in [2.45, 2.75) is 6.18 Å². The van der Waals surface area contributed by atoms with Crippen LogP contribution < -0.4 is 4.74 Å². The molecule has 0 atom stereocenters. The van der Waals surface area contributed by atoms with E-state index in [1.807, 2.05) is 0 Å². The summed E-state index contributed by atoms with van der Waals surface area (Å²) in [5.41, 5.74) is -1.08. The largest absolute Gasteiger partial charge is 0.435 e. The third-order valence-electron chi connectivity index (χ3n) is 1.64. The van der Waals surface area contributed by atoms with Gasteiger partial charge in [-0.2, -0.15) is 18.3 Å². The number of halogens is 4. The van der Waals surface area contributed by atoms with E-state index in [0.717, 1.165) is 0 Å². The van der Waals surface area contributed by atoms with Crippen LogP contribution in [0.1, 0.15) is 5.69 Å². The minimum absolute atomic E-state index is 0.133. The first kappa shape index (κ1) is 11.6. The molecule has 0 saturated carbocycles. The molecule has 5 nitrogen and oxygen atoms in total. The molecule has 0 spiro atoms. The third kappa shape index (κ3) is 2.84. The molecular weight excluding hydrogens is 261 g/mol. The Morgan fingerprint density at radius 1 is 1.24 bits per heavy atom. The van der Waals surface area contributed by atoms with Gasteiger partial charge in [-0.3, -0.25) is 0 Å². The van der Waals surface area contributed by atoms with Gasteiger partial charge < -0.3 is 4.74 Å². The summed E-state index contributed by atoms with van der Waals surface area (Å²) in [4.78, 5) is 7.30. The maximum atomic E-state index is 12.2. The summed E-state index contributed by atoms with van der Waals surface area (Å²) in [6.07, 6.45) is -2.02. The third-order valence-corrected chi connectivity index (χ3v) is 1.84. The molecule has 2 aromatic rings. The average molecular weight is 265 g/mol. The molecule has 0 radical (unpaired) electrons. The fourth-order valence-electron chi connectivity index (χ4n) is 0.953. The van der Waals surface area contributed by atoms with Gasteiger partial charge in [-0.05, 0) is 0 Å². The van der Waals surface area contributed by atoms with Gasteiger partial charge in [0.25, 0.3) is 0 Å². The van der Waals surface area contributed by atoms with Gasteiger partial charge in [-0.25, -0.2) is 15.1 Å². The van der Waals surface area contributed by atoms with Gasteiger partial charge in [-0.15, -0.1) is 0 Å². The van der Waals surface area contributed by atoms with Crippen LogP contribution in [0.3, 0.4) is 0 Å². The highest BCUT2D eigenvalue weighted by Crippen LogP contribution is 2.30. The fraction of sp³-hybridized carbons (Fsp3) is 0.125. The van der Waals surface area contributed by atoms with E-state index in [9.17, 15) is 13.2 Å². The topological polar surface area (TPSA) is 63.7 Å². The van der Waals surface area contributed by atoms with Crippen LogP contribution in [0.4, 0.5) is 13.2 Å². The first-order chi connectivity index (χ1) is 7.95. The predicted molar refractivity (Wildman–Crippen MR) is 50.7 cm³/mol. The number of nitrogens with one attached hydrogen (secondary N) is 1. The van der Waals surface area contributed by atoms with Crippen LogP contribution in [-0.4, -0.2) is 20.2 Å². The Bertz CT molecular complexity index is 510. The zero-order valence-corrected chi connectivity index (χ0v) is 8.75. The lowest BCUT2D eigenvalue weighted by molar-refractivity contribution is -0.141. The molecule has 0 amide bonds. The molecular formula is C8H4ClF3N4O. The van der Waals surface area contributed by atoms with Crippen LogP contribution in [-0.2, 0) is 6.18 Å². The number of nitrogens with zero attached hydrogens (tertiary/aromatic N) is 3. The fourth-order valence-corrected chi connectivity index (χ4v) is 1.05. The predicted octanol–water partition coefficient (Wildman–Crippen LogP) is 2.66. The van der Waals surface area contributed by atoms with Gasteiger partial charge >= 0.3 is 12.2 Å². The number of hydrogen-bond acceptors (Lipinski definition) is 4. The number of ether oxygens (including phenoxy) is 1. The molecule has 0 aliphatic heterocycles. The smallest absolute Gasteiger partial charge is 0.406 e. The monoisotopic (exact) mass is 264 g/mol. The van der Waals surface area contributed by atoms with Crippen molar-refractivity contribution in [2.75, 3.05) is 0 Å². The standard InChI is InChI=1S/C8H4ClF3N4O/c9-4-2-13-7(14-3-4)17-6-1-5(15-16-6)8(10,11)12/h1-3H,(H,15,16). The van der Waals surface area contributed by atoms with E-state index in [4.69, 9.17) is 16.3 Å². The number of aromatic nitrogens is 4. The summed E-state index contributed by atoms with van der Waals surface area (Å²) in [6.45, 7) is 0. The van der Waals surface area contributed by atoms with Crippen LogP contribution in [0, 0.1) is 0 Å². The van der Waals surface area contributed by atoms with Crippen molar-refractivity contribution in [1.82, 2.24) is 20.2 Å². The van der Waals surface area contributed by atoms with E-state index < -0.39 is 11.9 Å². The maximum absolute atomic E-state index is 12.2. The van der Waals surface area contributed by atoms with E-state index in [-0.39, 0.29) is 16.9 Å².